The van der Waals surface area contributed by atoms with Crippen molar-refractivity contribution in [2.45, 2.75) is 36.9 Å². The molecule has 16 nitrogen and oxygen atoms in total. The van der Waals surface area contributed by atoms with Gasteiger partial charge in [-0.05, 0) is 0 Å². The van der Waals surface area contributed by atoms with E-state index in [1.807, 2.05) is 0 Å². The van der Waals surface area contributed by atoms with E-state index < -0.39 is 85.9 Å². The number of carboxylic acid groups (broad SMARTS) is 4. The summed E-state index contributed by atoms with van der Waals surface area (Å²) in [4.78, 5) is 82.3. The third-order valence-corrected chi connectivity index (χ3v) is 3.08. The van der Waals surface area contributed by atoms with Crippen LogP contribution in [0, 0.1) is 0 Å². The first-order valence-electron chi connectivity index (χ1n) is 7.71. The molecule has 1 unspecified atom stereocenters. The summed E-state index contributed by atoms with van der Waals surface area (Å²) in [5.41, 5.74) is -5.87. The van der Waals surface area contributed by atoms with Gasteiger partial charge in [0.25, 0.3) is 0 Å². The number of carboxylic acids is 4. The van der Waals surface area contributed by atoms with Crippen LogP contribution in [0.4, 0.5) is 0 Å². The fourth-order valence-corrected chi connectivity index (χ4v) is 1.79. The summed E-state index contributed by atoms with van der Waals surface area (Å²) >= 11 is 0. The van der Waals surface area contributed by atoms with Crippen molar-refractivity contribution in [3.63, 3.8) is 0 Å². The Hall–Kier alpha value is -3.34. The molecule has 0 fully saturated rings. The zero-order valence-electron chi connectivity index (χ0n) is 15.0. The molecule has 0 bridgehead atoms. The molecule has 0 aliphatic rings. The lowest BCUT2D eigenvalue weighted by molar-refractivity contribution is -0.318. The number of hydrogen-bond donors (Lipinski definition) is 6. The highest BCUT2D eigenvalue weighted by Crippen LogP contribution is 2.19. The molecule has 0 spiro atoms. The van der Waals surface area contributed by atoms with Crippen molar-refractivity contribution < 1.29 is 79.0 Å². The number of rotatable bonds is 15. The van der Waals surface area contributed by atoms with E-state index in [2.05, 4.69) is 19.6 Å². The zero-order chi connectivity index (χ0) is 23.5. The minimum absolute atomic E-state index is 0.667. The lowest BCUT2D eigenvalue weighted by Crippen LogP contribution is -2.44. The van der Waals surface area contributed by atoms with E-state index in [0.29, 0.717) is 0 Å². The van der Waals surface area contributed by atoms with Crippen molar-refractivity contribution >= 4 is 35.8 Å². The zero-order valence-corrected chi connectivity index (χ0v) is 15.0. The monoisotopic (exact) mass is 442 g/mol. The van der Waals surface area contributed by atoms with Crippen molar-refractivity contribution in [2.75, 3.05) is 13.2 Å². The Balaban J connectivity index is 4.40. The second-order valence-electron chi connectivity index (χ2n) is 5.73. The summed E-state index contributed by atoms with van der Waals surface area (Å²) in [5.74, 6) is -10.3. The van der Waals surface area contributed by atoms with Crippen LogP contribution in [0.3, 0.4) is 0 Å². The molecule has 0 heterocycles. The number of hydrogen-bond acceptors (Lipinski definition) is 12. The maximum atomic E-state index is 11.6. The molecule has 0 aromatic heterocycles. The molecule has 0 saturated heterocycles. The maximum Gasteiger partial charge on any atom is 0.374 e. The Bertz CT molecular complexity index is 667. The average molecular weight is 442 g/mol. The van der Waals surface area contributed by atoms with Gasteiger partial charge in [0.15, 0.2) is 11.2 Å². The van der Waals surface area contributed by atoms with Crippen molar-refractivity contribution in [2.24, 2.45) is 0 Å². The standard InChI is InChI=1S/C14H18O16/c15-7(16)3-13(25,11(22)23)6-10(21)29-27-1-2-28-30-12(24)14(26,4-8(17)18)5-9(19)20/h25-26H,1-6H2,(H,15,16)(H,17,18)(H,19,20)(H,22,23). The average Bonchev–Trinajstić information content (AvgIpc) is 2.55. The van der Waals surface area contributed by atoms with Crippen molar-refractivity contribution in [3.05, 3.63) is 0 Å². The first-order valence-corrected chi connectivity index (χ1v) is 7.71. The SMILES string of the molecule is O=C(O)CC(O)(CC(=O)OOCCOOC(=O)C(O)(CC(=O)O)CC(=O)O)C(=O)O. The summed E-state index contributed by atoms with van der Waals surface area (Å²) in [6, 6.07) is 0. The van der Waals surface area contributed by atoms with Gasteiger partial charge < -0.3 is 30.6 Å². The fourth-order valence-electron chi connectivity index (χ4n) is 1.79. The molecular weight excluding hydrogens is 424 g/mol. The molecule has 16 heteroatoms. The normalized spacial score (nSPS) is 13.0. The Morgan fingerprint density at radius 3 is 1.40 bits per heavy atom. The Morgan fingerprint density at radius 2 is 1.00 bits per heavy atom. The van der Waals surface area contributed by atoms with Gasteiger partial charge >= 0.3 is 35.8 Å². The Kier molecular flexibility index (Phi) is 10.3. The fraction of sp³-hybridized carbons (Fsp3) is 0.571. The largest absolute Gasteiger partial charge is 0.481 e. The van der Waals surface area contributed by atoms with Crippen LogP contribution in [-0.4, -0.2) is 90.9 Å². The number of aliphatic carboxylic acids is 4. The molecule has 30 heavy (non-hydrogen) atoms. The van der Waals surface area contributed by atoms with Gasteiger partial charge in [0, 0.05) is 0 Å². The molecule has 0 rings (SSSR count). The van der Waals surface area contributed by atoms with Gasteiger partial charge in [-0.3, -0.25) is 24.2 Å². The smallest absolute Gasteiger partial charge is 0.374 e. The maximum absolute atomic E-state index is 11.6. The first kappa shape index (κ1) is 26.7. The van der Waals surface area contributed by atoms with Gasteiger partial charge in [0.05, 0.1) is 25.7 Å². The van der Waals surface area contributed by atoms with Crippen molar-refractivity contribution in [1.29, 1.82) is 0 Å². The van der Waals surface area contributed by atoms with E-state index in [1.54, 1.807) is 0 Å². The quantitative estimate of drug-likeness (QED) is 0.0855. The summed E-state index contributed by atoms with van der Waals surface area (Å²) in [5, 5.41) is 53.9. The molecule has 0 saturated carbocycles. The predicted molar refractivity (Wildman–Crippen MR) is 83.0 cm³/mol. The topological polar surface area (TPSA) is 261 Å². The molecule has 0 aromatic carbocycles. The van der Waals surface area contributed by atoms with E-state index in [9.17, 15) is 39.0 Å². The van der Waals surface area contributed by atoms with Crippen LogP contribution in [0.15, 0.2) is 0 Å². The van der Waals surface area contributed by atoms with Crippen LogP contribution in [0.1, 0.15) is 25.7 Å². The molecule has 170 valence electrons. The van der Waals surface area contributed by atoms with Crippen LogP contribution in [0.25, 0.3) is 0 Å². The summed E-state index contributed by atoms with van der Waals surface area (Å²) < 4.78 is 0. The second kappa shape index (κ2) is 11.6. The first-order chi connectivity index (χ1) is 13.7. The Morgan fingerprint density at radius 1 is 0.600 bits per heavy atom. The Labute approximate surface area is 166 Å². The van der Waals surface area contributed by atoms with E-state index in [4.69, 9.17) is 20.4 Å². The van der Waals surface area contributed by atoms with E-state index in [-0.39, 0.29) is 0 Å². The van der Waals surface area contributed by atoms with E-state index >= 15 is 0 Å². The van der Waals surface area contributed by atoms with E-state index in [0.717, 1.165) is 0 Å². The minimum Gasteiger partial charge on any atom is -0.481 e. The number of carbonyl (C=O) groups is 6. The molecule has 0 amide bonds. The molecule has 0 aliphatic heterocycles. The van der Waals surface area contributed by atoms with Crippen LogP contribution < -0.4 is 0 Å². The van der Waals surface area contributed by atoms with Gasteiger partial charge in [-0.2, -0.15) is 9.78 Å². The summed E-state index contributed by atoms with van der Waals surface area (Å²) in [6.45, 7) is -1.35. The van der Waals surface area contributed by atoms with E-state index in [1.165, 1.54) is 0 Å². The minimum atomic E-state index is -2.95. The highest BCUT2D eigenvalue weighted by molar-refractivity contribution is 5.89. The van der Waals surface area contributed by atoms with Crippen LogP contribution in [0.2, 0.25) is 0 Å². The summed E-state index contributed by atoms with van der Waals surface area (Å²) in [6.07, 6.45) is -5.16. The lowest BCUT2D eigenvalue weighted by Gasteiger charge is -2.21. The molecule has 0 aliphatic carbocycles. The third kappa shape index (κ3) is 9.73. The highest BCUT2D eigenvalue weighted by atomic mass is 17.2. The van der Waals surface area contributed by atoms with Gasteiger partial charge in [0.1, 0.15) is 13.2 Å². The molecule has 6 N–H and O–H groups in total. The number of carbonyl (C=O) groups excluding carboxylic acids is 2. The van der Waals surface area contributed by atoms with Crippen LogP contribution in [0.5, 0.6) is 0 Å². The van der Waals surface area contributed by atoms with Crippen LogP contribution in [-0.2, 0) is 48.3 Å². The van der Waals surface area contributed by atoms with Gasteiger partial charge in [-0.25, -0.2) is 14.4 Å². The van der Waals surface area contributed by atoms with Gasteiger partial charge in [0.2, 0.25) is 0 Å². The number of aliphatic hydroxyl groups is 2. The van der Waals surface area contributed by atoms with Crippen molar-refractivity contribution in [1.82, 2.24) is 0 Å². The van der Waals surface area contributed by atoms with Gasteiger partial charge in [-0.15, -0.1) is 0 Å². The summed E-state index contributed by atoms with van der Waals surface area (Å²) in [7, 11) is 0. The molecule has 0 aromatic rings. The lowest BCUT2D eigenvalue weighted by atomic mass is 9.96. The van der Waals surface area contributed by atoms with Gasteiger partial charge in [-0.1, -0.05) is 0 Å². The molecular formula is C14H18O16. The van der Waals surface area contributed by atoms with Crippen LogP contribution >= 0.6 is 0 Å². The van der Waals surface area contributed by atoms with Crippen molar-refractivity contribution in [3.8, 4) is 0 Å². The second-order valence-corrected chi connectivity index (χ2v) is 5.73. The third-order valence-electron chi connectivity index (χ3n) is 3.08. The molecule has 0 radical (unpaired) electrons. The molecule has 1 atom stereocenters. The predicted octanol–water partition coefficient (Wildman–Crippen LogP) is -2.70. The highest BCUT2D eigenvalue weighted by Gasteiger charge is 2.44.